The van der Waals surface area contributed by atoms with Crippen LogP contribution in [0.3, 0.4) is 0 Å². The second kappa shape index (κ2) is 7.45. The Morgan fingerprint density at radius 3 is 2.87 bits per heavy atom. The topological polar surface area (TPSA) is 35.4 Å². The van der Waals surface area contributed by atoms with Crippen molar-refractivity contribution >= 4 is 0 Å². The van der Waals surface area contributed by atoms with Crippen molar-refractivity contribution in [2.45, 2.75) is 6.54 Å². The summed E-state index contributed by atoms with van der Waals surface area (Å²) in [6.45, 7) is 3.82. The van der Waals surface area contributed by atoms with E-state index in [9.17, 15) is 0 Å². The second-order valence-electron chi connectivity index (χ2n) is 3.39. The van der Waals surface area contributed by atoms with E-state index in [0.29, 0.717) is 13.2 Å². The van der Waals surface area contributed by atoms with Crippen LogP contribution >= 0.6 is 0 Å². The number of methoxy groups -OCH3 is 1. The molecule has 1 rings (SSSR count). The molecule has 0 fully saturated rings. The maximum absolute atomic E-state index is 5.33. The third kappa shape index (κ3) is 4.97. The molecule has 0 aliphatic rings. The number of hydrogen-bond donors (Lipinski definition) is 1. The number of aryl methyl sites for hydroxylation is 1. The van der Waals surface area contributed by atoms with Gasteiger partial charge >= 0.3 is 0 Å². The highest BCUT2D eigenvalue weighted by atomic mass is 16.5. The lowest BCUT2D eigenvalue weighted by atomic mass is 10.4. The van der Waals surface area contributed by atoms with Gasteiger partial charge in [0, 0.05) is 39.1 Å². The molecule has 15 heavy (non-hydrogen) atoms. The van der Waals surface area contributed by atoms with Gasteiger partial charge in [-0.3, -0.25) is 0 Å². The Labute approximate surface area is 91.2 Å². The van der Waals surface area contributed by atoms with E-state index in [2.05, 4.69) is 16.0 Å². The average Bonchev–Trinajstić information content (AvgIpc) is 2.63. The van der Waals surface area contributed by atoms with Crippen LogP contribution in [0.15, 0.2) is 18.3 Å². The van der Waals surface area contributed by atoms with Crippen molar-refractivity contribution in [1.82, 2.24) is 9.88 Å². The second-order valence-corrected chi connectivity index (χ2v) is 3.39. The number of rotatable bonds is 8. The molecule has 0 unspecified atom stereocenters. The van der Waals surface area contributed by atoms with E-state index in [1.807, 2.05) is 19.3 Å². The predicted octanol–water partition coefficient (Wildman–Crippen LogP) is 0.778. The fourth-order valence-electron chi connectivity index (χ4n) is 1.29. The molecule has 1 N–H and O–H groups in total. The molecular formula is C11H20N2O2. The van der Waals surface area contributed by atoms with Crippen LogP contribution in [0.4, 0.5) is 0 Å². The highest BCUT2D eigenvalue weighted by Gasteiger charge is 1.95. The first kappa shape index (κ1) is 12.2. The minimum absolute atomic E-state index is 0.664. The van der Waals surface area contributed by atoms with Gasteiger partial charge in [-0.15, -0.1) is 0 Å². The molecule has 1 heterocycles. The van der Waals surface area contributed by atoms with Gasteiger partial charge in [-0.05, 0) is 12.1 Å². The standard InChI is InChI=1S/C11H20N2O2/c1-13-6-3-4-11(13)10-12-5-7-15-9-8-14-2/h3-4,6,12H,5,7-10H2,1-2H3. The zero-order chi connectivity index (χ0) is 10.9. The van der Waals surface area contributed by atoms with Crippen LogP contribution in [-0.4, -0.2) is 38.0 Å². The summed E-state index contributed by atoms with van der Waals surface area (Å²) in [6.07, 6.45) is 2.05. The van der Waals surface area contributed by atoms with Crippen molar-refractivity contribution in [2.75, 3.05) is 33.5 Å². The Hall–Kier alpha value is -0.840. The van der Waals surface area contributed by atoms with Gasteiger partial charge in [-0.25, -0.2) is 0 Å². The van der Waals surface area contributed by atoms with E-state index in [1.54, 1.807) is 7.11 Å². The molecule has 0 radical (unpaired) electrons. The van der Waals surface area contributed by atoms with Crippen LogP contribution in [0, 0.1) is 0 Å². The van der Waals surface area contributed by atoms with Gasteiger partial charge in [0.25, 0.3) is 0 Å². The first-order valence-corrected chi connectivity index (χ1v) is 5.22. The van der Waals surface area contributed by atoms with Crippen molar-refractivity contribution in [3.05, 3.63) is 24.0 Å². The normalized spacial score (nSPS) is 10.8. The van der Waals surface area contributed by atoms with Crippen LogP contribution < -0.4 is 5.32 Å². The lowest BCUT2D eigenvalue weighted by molar-refractivity contribution is 0.0718. The van der Waals surface area contributed by atoms with Gasteiger partial charge in [0.1, 0.15) is 0 Å². The summed E-state index contributed by atoms with van der Waals surface area (Å²) in [5.41, 5.74) is 1.28. The monoisotopic (exact) mass is 212 g/mol. The molecule has 0 aromatic carbocycles. The van der Waals surface area contributed by atoms with Crippen LogP contribution in [0.1, 0.15) is 5.69 Å². The van der Waals surface area contributed by atoms with Gasteiger partial charge < -0.3 is 19.4 Å². The SMILES string of the molecule is COCCOCCNCc1cccn1C. The lowest BCUT2D eigenvalue weighted by Crippen LogP contribution is -2.21. The largest absolute Gasteiger partial charge is 0.382 e. The lowest BCUT2D eigenvalue weighted by Gasteiger charge is -2.06. The molecule has 0 bridgehead atoms. The van der Waals surface area contributed by atoms with E-state index in [-0.39, 0.29) is 0 Å². The first-order chi connectivity index (χ1) is 7.34. The maximum Gasteiger partial charge on any atom is 0.0700 e. The molecule has 4 nitrogen and oxygen atoms in total. The molecule has 1 aromatic rings. The van der Waals surface area contributed by atoms with Crippen LogP contribution in [-0.2, 0) is 23.1 Å². The summed E-state index contributed by atoms with van der Waals surface area (Å²) in [4.78, 5) is 0. The third-order valence-corrected chi connectivity index (χ3v) is 2.21. The van der Waals surface area contributed by atoms with E-state index in [1.165, 1.54) is 5.69 Å². The van der Waals surface area contributed by atoms with Crippen LogP contribution in [0.5, 0.6) is 0 Å². The fraction of sp³-hybridized carbons (Fsp3) is 0.636. The van der Waals surface area contributed by atoms with Crippen LogP contribution in [0.2, 0.25) is 0 Å². The number of nitrogens with one attached hydrogen (secondary N) is 1. The van der Waals surface area contributed by atoms with Gasteiger partial charge in [-0.2, -0.15) is 0 Å². The minimum atomic E-state index is 0.664. The van der Waals surface area contributed by atoms with Crippen molar-refractivity contribution < 1.29 is 9.47 Å². The van der Waals surface area contributed by atoms with Crippen molar-refractivity contribution in [3.63, 3.8) is 0 Å². The Kier molecular flexibility index (Phi) is 6.08. The van der Waals surface area contributed by atoms with E-state index < -0.39 is 0 Å². The summed E-state index contributed by atoms with van der Waals surface area (Å²) >= 11 is 0. The smallest absolute Gasteiger partial charge is 0.0700 e. The molecule has 0 amide bonds. The predicted molar refractivity (Wildman–Crippen MR) is 59.8 cm³/mol. The summed E-state index contributed by atoms with van der Waals surface area (Å²) in [5.74, 6) is 0. The fourth-order valence-corrected chi connectivity index (χ4v) is 1.29. The summed E-state index contributed by atoms with van der Waals surface area (Å²) < 4.78 is 12.3. The molecule has 0 atom stereocenters. The molecule has 0 aliphatic heterocycles. The van der Waals surface area contributed by atoms with Crippen LogP contribution in [0.25, 0.3) is 0 Å². The third-order valence-electron chi connectivity index (χ3n) is 2.21. The molecule has 4 heteroatoms. The molecule has 0 saturated heterocycles. The van der Waals surface area contributed by atoms with Gasteiger partial charge in [-0.1, -0.05) is 0 Å². The Morgan fingerprint density at radius 2 is 2.20 bits per heavy atom. The number of ether oxygens (including phenoxy) is 2. The van der Waals surface area contributed by atoms with Crippen molar-refractivity contribution in [3.8, 4) is 0 Å². The molecule has 0 aliphatic carbocycles. The average molecular weight is 212 g/mol. The molecule has 86 valence electrons. The number of nitrogens with zero attached hydrogens (tertiary/aromatic N) is 1. The minimum Gasteiger partial charge on any atom is -0.382 e. The van der Waals surface area contributed by atoms with Gasteiger partial charge in [0.15, 0.2) is 0 Å². The molecule has 0 spiro atoms. The first-order valence-electron chi connectivity index (χ1n) is 5.22. The molecular weight excluding hydrogens is 192 g/mol. The summed E-state index contributed by atoms with van der Waals surface area (Å²) in [5, 5.41) is 3.32. The summed E-state index contributed by atoms with van der Waals surface area (Å²) in [7, 11) is 3.73. The van der Waals surface area contributed by atoms with Gasteiger partial charge in [0.2, 0.25) is 0 Å². The summed E-state index contributed by atoms with van der Waals surface area (Å²) in [6, 6.07) is 4.16. The Balaban J connectivity index is 1.96. The number of aromatic nitrogens is 1. The Bertz CT molecular complexity index is 261. The molecule has 1 aromatic heterocycles. The van der Waals surface area contributed by atoms with E-state index in [4.69, 9.17) is 9.47 Å². The van der Waals surface area contributed by atoms with E-state index >= 15 is 0 Å². The van der Waals surface area contributed by atoms with Crippen molar-refractivity contribution in [2.24, 2.45) is 7.05 Å². The highest BCUT2D eigenvalue weighted by molar-refractivity contribution is 5.05. The molecule has 0 saturated carbocycles. The quantitative estimate of drug-likeness (QED) is 0.647. The Morgan fingerprint density at radius 1 is 1.33 bits per heavy atom. The maximum atomic E-state index is 5.33. The highest BCUT2D eigenvalue weighted by Crippen LogP contribution is 1.97. The number of hydrogen-bond acceptors (Lipinski definition) is 3. The zero-order valence-corrected chi connectivity index (χ0v) is 9.53. The van der Waals surface area contributed by atoms with Crippen molar-refractivity contribution in [1.29, 1.82) is 0 Å². The van der Waals surface area contributed by atoms with Gasteiger partial charge in [0.05, 0.1) is 19.8 Å². The zero-order valence-electron chi connectivity index (χ0n) is 9.53. The van der Waals surface area contributed by atoms with E-state index in [0.717, 1.165) is 19.7 Å².